The Bertz CT molecular complexity index is 1640. The maximum absolute atomic E-state index is 13.1. The van der Waals surface area contributed by atoms with Gasteiger partial charge < -0.3 is 20.1 Å². The van der Waals surface area contributed by atoms with Gasteiger partial charge in [0.25, 0.3) is 5.91 Å². The zero-order chi connectivity index (χ0) is 29.6. The van der Waals surface area contributed by atoms with Crippen molar-refractivity contribution < 1.29 is 23.9 Å². The molecule has 0 fully saturated rings. The summed E-state index contributed by atoms with van der Waals surface area (Å²) in [6.07, 6.45) is 2.67. The minimum Gasteiger partial charge on any atom is -0.496 e. The lowest BCUT2D eigenvalue weighted by atomic mass is 10.1. The first-order chi connectivity index (χ1) is 20.4. The van der Waals surface area contributed by atoms with E-state index >= 15 is 0 Å². The quantitative estimate of drug-likeness (QED) is 0.170. The molecule has 2 amide bonds. The second-order valence-electron chi connectivity index (χ2n) is 9.22. The number of halogens is 1. The monoisotopic (exact) mass is 625 g/mol. The van der Waals surface area contributed by atoms with Crippen LogP contribution in [0.15, 0.2) is 53.7 Å². The molecule has 0 unspecified atom stereocenters. The molecule has 0 aliphatic heterocycles. The average molecular weight is 626 g/mol. The van der Waals surface area contributed by atoms with Gasteiger partial charge in [0.2, 0.25) is 5.91 Å². The van der Waals surface area contributed by atoms with Gasteiger partial charge in [-0.05, 0) is 62.1 Å². The fraction of sp³-hybridized carbons (Fsp3) is 0.276. The van der Waals surface area contributed by atoms with E-state index in [4.69, 9.17) is 21.1 Å². The Hall–Kier alpha value is -3.87. The number of esters is 1. The van der Waals surface area contributed by atoms with Crippen LogP contribution in [-0.4, -0.2) is 52.0 Å². The number of aromatic nitrogens is 3. The van der Waals surface area contributed by atoms with Crippen molar-refractivity contribution in [2.24, 2.45) is 0 Å². The third-order valence-corrected chi connectivity index (χ3v) is 8.88. The van der Waals surface area contributed by atoms with Crippen LogP contribution in [0, 0.1) is 0 Å². The first-order valence-corrected chi connectivity index (χ1v) is 15.4. The van der Waals surface area contributed by atoms with Crippen LogP contribution in [0.5, 0.6) is 5.75 Å². The van der Waals surface area contributed by atoms with Crippen LogP contribution in [0.2, 0.25) is 5.02 Å². The highest BCUT2D eigenvalue weighted by Gasteiger charge is 2.28. The number of para-hydroxylation sites is 1. The van der Waals surface area contributed by atoms with Crippen molar-refractivity contribution in [2.75, 3.05) is 24.8 Å². The number of carbonyl (C=O) groups excluding carboxylic acids is 3. The molecule has 2 heterocycles. The van der Waals surface area contributed by atoms with E-state index in [0.717, 1.165) is 29.7 Å². The standard InChI is InChI=1S/C29H28ClN5O5S2/c1-3-40-28(38)25-20-11-7-13-22(20)42-27(25)32-24(36)16-41-29-34-33-23(35(29)18-9-6-8-17(30)14-18)15-31-26(37)19-10-4-5-12-21(19)39-2/h4-6,8-10,12,14H,3,7,11,13,15-16H2,1-2H3,(H,31,37)(H,32,36). The fourth-order valence-electron chi connectivity index (χ4n) is 4.67. The molecule has 218 valence electrons. The van der Waals surface area contributed by atoms with Crippen molar-refractivity contribution in [2.45, 2.75) is 37.9 Å². The molecule has 2 aromatic heterocycles. The van der Waals surface area contributed by atoms with Crippen LogP contribution in [0.3, 0.4) is 0 Å². The van der Waals surface area contributed by atoms with E-state index in [-0.39, 0.29) is 30.7 Å². The maximum atomic E-state index is 13.1. The number of carbonyl (C=O) groups is 3. The van der Waals surface area contributed by atoms with Crippen molar-refractivity contribution in [3.05, 3.63) is 80.9 Å². The number of thioether (sulfide) groups is 1. The molecule has 2 N–H and O–H groups in total. The Kier molecular flexibility index (Phi) is 9.45. The van der Waals surface area contributed by atoms with E-state index in [0.29, 0.717) is 43.6 Å². The van der Waals surface area contributed by atoms with Crippen LogP contribution in [0.25, 0.3) is 5.69 Å². The molecule has 5 rings (SSSR count). The van der Waals surface area contributed by atoms with Crippen LogP contribution in [0.4, 0.5) is 5.00 Å². The number of aryl methyl sites for hydroxylation is 1. The van der Waals surface area contributed by atoms with E-state index in [1.807, 2.05) is 6.07 Å². The molecule has 42 heavy (non-hydrogen) atoms. The second-order valence-corrected chi connectivity index (χ2v) is 11.7. The van der Waals surface area contributed by atoms with E-state index < -0.39 is 5.97 Å². The summed E-state index contributed by atoms with van der Waals surface area (Å²) in [5.41, 5.74) is 2.50. The van der Waals surface area contributed by atoms with Gasteiger partial charge in [-0.15, -0.1) is 21.5 Å². The number of amides is 2. The lowest BCUT2D eigenvalue weighted by molar-refractivity contribution is -0.113. The highest BCUT2D eigenvalue weighted by atomic mass is 35.5. The predicted octanol–water partition coefficient (Wildman–Crippen LogP) is 5.32. The first kappa shape index (κ1) is 29.6. The van der Waals surface area contributed by atoms with Crippen LogP contribution in [0.1, 0.15) is 50.3 Å². The Balaban J connectivity index is 1.33. The number of nitrogens with one attached hydrogen (secondary N) is 2. The molecule has 0 bridgehead atoms. The molecule has 13 heteroatoms. The zero-order valence-electron chi connectivity index (χ0n) is 22.9. The van der Waals surface area contributed by atoms with Crippen molar-refractivity contribution in [1.29, 1.82) is 0 Å². The van der Waals surface area contributed by atoms with Crippen molar-refractivity contribution in [3.63, 3.8) is 0 Å². The number of thiophene rings is 1. The van der Waals surface area contributed by atoms with Crippen LogP contribution < -0.4 is 15.4 Å². The highest BCUT2D eigenvalue weighted by Crippen LogP contribution is 2.39. The number of methoxy groups -OCH3 is 1. The lowest BCUT2D eigenvalue weighted by Gasteiger charge is -2.12. The normalized spacial score (nSPS) is 12.1. The number of nitrogens with zero attached hydrogens (tertiary/aromatic N) is 3. The third-order valence-electron chi connectivity index (χ3n) is 6.51. The summed E-state index contributed by atoms with van der Waals surface area (Å²) in [4.78, 5) is 39.8. The Morgan fingerprint density at radius 2 is 1.95 bits per heavy atom. The van der Waals surface area contributed by atoms with Gasteiger partial charge in [-0.3, -0.25) is 14.2 Å². The summed E-state index contributed by atoms with van der Waals surface area (Å²) in [6, 6.07) is 14.1. The van der Waals surface area contributed by atoms with Crippen molar-refractivity contribution >= 4 is 57.5 Å². The summed E-state index contributed by atoms with van der Waals surface area (Å²) in [5, 5.41) is 15.8. The number of rotatable bonds is 11. The average Bonchev–Trinajstić information content (AvgIpc) is 3.69. The highest BCUT2D eigenvalue weighted by molar-refractivity contribution is 7.99. The lowest BCUT2D eigenvalue weighted by Crippen LogP contribution is -2.25. The van der Waals surface area contributed by atoms with Gasteiger partial charge in [0.15, 0.2) is 11.0 Å². The summed E-state index contributed by atoms with van der Waals surface area (Å²) >= 11 is 8.88. The summed E-state index contributed by atoms with van der Waals surface area (Å²) in [5.74, 6) is -0.130. The number of hydrogen-bond acceptors (Lipinski definition) is 9. The van der Waals surface area contributed by atoms with E-state index in [2.05, 4.69) is 20.8 Å². The van der Waals surface area contributed by atoms with Gasteiger partial charge in [-0.1, -0.05) is 41.6 Å². The van der Waals surface area contributed by atoms with Crippen molar-refractivity contribution in [3.8, 4) is 11.4 Å². The molecular weight excluding hydrogens is 598 g/mol. The minimum absolute atomic E-state index is 0.0110. The van der Waals surface area contributed by atoms with E-state index in [9.17, 15) is 14.4 Å². The Labute approximate surface area is 255 Å². The number of ether oxygens (including phenoxy) is 2. The molecule has 4 aromatic rings. The number of hydrogen-bond donors (Lipinski definition) is 2. The van der Waals surface area contributed by atoms with Gasteiger partial charge in [-0.25, -0.2) is 4.79 Å². The summed E-state index contributed by atoms with van der Waals surface area (Å²) in [6.45, 7) is 2.08. The van der Waals surface area contributed by atoms with Gasteiger partial charge in [0.05, 0.1) is 42.8 Å². The van der Waals surface area contributed by atoms with Crippen LogP contribution >= 0.6 is 34.7 Å². The fourth-order valence-corrected chi connectivity index (χ4v) is 6.92. The maximum Gasteiger partial charge on any atom is 0.341 e. The molecule has 0 atom stereocenters. The zero-order valence-corrected chi connectivity index (χ0v) is 25.3. The van der Waals surface area contributed by atoms with Crippen molar-refractivity contribution in [1.82, 2.24) is 20.1 Å². The third kappa shape index (κ3) is 6.45. The molecule has 1 aliphatic rings. The molecule has 0 spiro atoms. The van der Waals surface area contributed by atoms with E-state index in [1.165, 1.54) is 30.2 Å². The molecule has 0 radical (unpaired) electrons. The SMILES string of the molecule is CCOC(=O)c1c(NC(=O)CSc2nnc(CNC(=O)c3ccccc3OC)n2-c2cccc(Cl)c2)sc2c1CCC2. The molecule has 0 saturated heterocycles. The molecule has 0 saturated carbocycles. The smallest absolute Gasteiger partial charge is 0.341 e. The van der Waals surface area contributed by atoms with Gasteiger partial charge >= 0.3 is 5.97 Å². The largest absolute Gasteiger partial charge is 0.496 e. The minimum atomic E-state index is -0.416. The van der Waals surface area contributed by atoms with E-state index in [1.54, 1.807) is 54.0 Å². The first-order valence-electron chi connectivity index (χ1n) is 13.2. The van der Waals surface area contributed by atoms with Crippen LogP contribution in [-0.2, 0) is 28.9 Å². The summed E-state index contributed by atoms with van der Waals surface area (Å²) < 4.78 is 12.3. The topological polar surface area (TPSA) is 124 Å². The van der Waals surface area contributed by atoms with Gasteiger partial charge in [-0.2, -0.15) is 0 Å². The Morgan fingerprint density at radius 3 is 2.74 bits per heavy atom. The van der Waals surface area contributed by atoms with Gasteiger partial charge in [0.1, 0.15) is 10.8 Å². The molecule has 2 aromatic carbocycles. The second kappa shape index (κ2) is 13.4. The molecule has 10 nitrogen and oxygen atoms in total. The number of anilines is 1. The predicted molar refractivity (Wildman–Crippen MR) is 162 cm³/mol. The number of fused-ring (bicyclic) bond motifs is 1. The molecular formula is C29H28ClN5O5S2. The number of benzene rings is 2. The Morgan fingerprint density at radius 1 is 1.12 bits per heavy atom. The summed E-state index contributed by atoms with van der Waals surface area (Å²) in [7, 11) is 1.50. The molecule has 1 aliphatic carbocycles. The van der Waals surface area contributed by atoms with Gasteiger partial charge in [0, 0.05) is 9.90 Å².